The quantitative estimate of drug-likeness (QED) is 0.807. The zero-order valence-electron chi connectivity index (χ0n) is 10.9. The predicted octanol–water partition coefficient (Wildman–Crippen LogP) is 2.88. The van der Waals surface area contributed by atoms with Crippen LogP contribution in [0, 0.1) is 6.92 Å². The molecule has 100 valence electrons. The molecule has 1 aromatic carbocycles. The van der Waals surface area contributed by atoms with E-state index in [0.29, 0.717) is 17.1 Å². The van der Waals surface area contributed by atoms with Gasteiger partial charge in [-0.05, 0) is 43.9 Å². The summed E-state index contributed by atoms with van der Waals surface area (Å²) in [5.74, 6) is -0.0519. The van der Waals surface area contributed by atoms with Gasteiger partial charge in [0.05, 0.1) is 10.6 Å². The van der Waals surface area contributed by atoms with E-state index in [1.54, 1.807) is 24.1 Å². The molecule has 1 aromatic rings. The lowest BCUT2D eigenvalue weighted by atomic mass is 10.1. The summed E-state index contributed by atoms with van der Waals surface area (Å²) in [5.41, 5.74) is 1.59. The molecular formula is C14H20ClNO2. The number of carbonyl (C=O) groups is 1. The van der Waals surface area contributed by atoms with Gasteiger partial charge < -0.3 is 10.0 Å². The van der Waals surface area contributed by atoms with E-state index in [-0.39, 0.29) is 12.5 Å². The van der Waals surface area contributed by atoms with Crippen molar-refractivity contribution in [1.29, 1.82) is 0 Å². The summed E-state index contributed by atoms with van der Waals surface area (Å²) in [6.45, 7) is 2.84. The Morgan fingerprint density at radius 2 is 2.06 bits per heavy atom. The minimum absolute atomic E-state index is 0.0519. The SMILES string of the molecule is Cc1ccc(C(=O)N(C)CCCCCO)c(Cl)c1. The number of hydrogen-bond acceptors (Lipinski definition) is 2. The molecule has 0 aromatic heterocycles. The van der Waals surface area contributed by atoms with Gasteiger partial charge in [0.1, 0.15) is 0 Å². The molecule has 0 aliphatic carbocycles. The van der Waals surface area contributed by atoms with Gasteiger partial charge in [-0.3, -0.25) is 4.79 Å². The smallest absolute Gasteiger partial charge is 0.255 e. The van der Waals surface area contributed by atoms with Gasteiger partial charge in [-0.15, -0.1) is 0 Å². The Bertz CT molecular complexity index is 407. The van der Waals surface area contributed by atoms with Crippen molar-refractivity contribution in [2.24, 2.45) is 0 Å². The van der Waals surface area contributed by atoms with Crippen molar-refractivity contribution < 1.29 is 9.90 Å². The first kappa shape index (κ1) is 15.0. The lowest BCUT2D eigenvalue weighted by Gasteiger charge is -2.18. The first-order chi connectivity index (χ1) is 8.56. The predicted molar refractivity (Wildman–Crippen MR) is 74.1 cm³/mol. The van der Waals surface area contributed by atoms with E-state index in [4.69, 9.17) is 16.7 Å². The molecule has 0 saturated carbocycles. The second-order valence-corrected chi connectivity index (χ2v) is 4.90. The summed E-state index contributed by atoms with van der Waals surface area (Å²) in [7, 11) is 1.78. The monoisotopic (exact) mass is 269 g/mol. The Morgan fingerprint density at radius 1 is 1.33 bits per heavy atom. The van der Waals surface area contributed by atoms with Crippen LogP contribution in [-0.2, 0) is 0 Å². The molecule has 0 radical (unpaired) electrons. The van der Waals surface area contributed by atoms with E-state index in [9.17, 15) is 4.79 Å². The maximum absolute atomic E-state index is 12.1. The molecule has 18 heavy (non-hydrogen) atoms. The van der Waals surface area contributed by atoms with Gasteiger partial charge in [0.25, 0.3) is 5.91 Å². The number of unbranched alkanes of at least 4 members (excludes halogenated alkanes) is 2. The summed E-state index contributed by atoms with van der Waals surface area (Å²) in [6.07, 6.45) is 2.61. The van der Waals surface area contributed by atoms with Crippen LogP contribution in [0.2, 0.25) is 5.02 Å². The molecule has 1 N–H and O–H groups in total. The van der Waals surface area contributed by atoms with E-state index in [2.05, 4.69) is 0 Å². The summed E-state index contributed by atoms with van der Waals surface area (Å²) in [6, 6.07) is 5.46. The number of nitrogens with zero attached hydrogens (tertiary/aromatic N) is 1. The van der Waals surface area contributed by atoms with Gasteiger partial charge in [-0.25, -0.2) is 0 Å². The molecule has 0 heterocycles. The molecule has 0 bridgehead atoms. The number of aliphatic hydroxyl groups is 1. The minimum Gasteiger partial charge on any atom is -0.396 e. The van der Waals surface area contributed by atoms with Gasteiger partial charge in [0.2, 0.25) is 0 Å². The zero-order valence-corrected chi connectivity index (χ0v) is 11.7. The lowest BCUT2D eigenvalue weighted by molar-refractivity contribution is 0.0792. The van der Waals surface area contributed by atoms with Crippen molar-refractivity contribution in [1.82, 2.24) is 4.90 Å². The summed E-state index contributed by atoms with van der Waals surface area (Å²) >= 11 is 6.07. The van der Waals surface area contributed by atoms with E-state index in [1.807, 2.05) is 13.0 Å². The molecule has 1 amide bonds. The molecule has 0 fully saturated rings. The van der Waals surface area contributed by atoms with E-state index >= 15 is 0 Å². The average molecular weight is 270 g/mol. The van der Waals surface area contributed by atoms with Crippen LogP contribution < -0.4 is 0 Å². The lowest BCUT2D eigenvalue weighted by Crippen LogP contribution is -2.28. The van der Waals surface area contributed by atoms with E-state index < -0.39 is 0 Å². The fraction of sp³-hybridized carbons (Fsp3) is 0.500. The second-order valence-electron chi connectivity index (χ2n) is 4.49. The number of hydrogen-bond donors (Lipinski definition) is 1. The molecule has 1 rings (SSSR count). The second kappa shape index (κ2) is 7.39. The third kappa shape index (κ3) is 4.31. The number of amides is 1. The van der Waals surface area contributed by atoms with Crippen molar-refractivity contribution in [3.63, 3.8) is 0 Å². The van der Waals surface area contributed by atoms with E-state index in [1.165, 1.54) is 0 Å². The van der Waals surface area contributed by atoms with Gasteiger partial charge >= 0.3 is 0 Å². The molecule has 0 atom stereocenters. The maximum atomic E-state index is 12.1. The Labute approximate surface area is 113 Å². The largest absolute Gasteiger partial charge is 0.396 e. The zero-order chi connectivity index (χ0) is 13.5. The highest BCUT2D eigenvalue weighted by molar-refractivity contribution is 6.33. The first-order valence-corrected chi connectivity index (χ1v) is 6.56. The van der Waals surface area contributed by atoms with Crippen LogP contribution in [0.3, 0.4) is 0 Å². The Balaban J connectivity index is 2.57. The third-order valence-electron chi connectivity index (χ3n) is 2.85. The molecule has 0 aliphatic rings. The fourth-order valence-electron chi connectivity index (χ4n) is 1.74. The standard InChI is InChI=1S/C14H20ClNO2/c1-11-6-7-12(13(15)10-11)14(18)16(2)8-4-3-5-9-17/h6-7,10,17H,3-5,8-9H2,1-2H3. The molecule has 0 unspecified atom stereocenters. The van der Waals surface area contributed by atoms with Crippen LogP contribution in [0.1, 0.15) is 35.2 Å². The van der Waals surface area contributed by atoms with Gasteiger partial charge in [-0.1, -0.05) is 17.7 Å². The third-order valence-corrected chi connectivity index (χ3v) is 3.17. The van der Waals surface area contributed by atoms with Crippen molar-refractivity contribution in [3.8, 4) is 0 Å². The van der Waals surface area contributed by atoms with Crippen LogP contribution in [0.5, 0.6) is 0 Å². The van der Waals surface area contributed by atoms with Gasteiger partial charge in [-0.2, -0.15) is 0 Å². The van der Waals surface area contributed by atoms with Crippen LogP contribution in [0.4, 0.5) is 0 Å². The normalized spacial score (nSPS) is 10.4. The highest BCUT2D eigenvalue weighted by atomic mass is 35.5. The number of aryl methyl sites for hydroxylation is 1. The number of carbonyl (C=O) groups excluding carboxylic acids is 1. The summed E-state index contributed by atoms with van der Waals surface area (Å²) < 4.78 is 0. The number of benzene rings is 1. The summed E-state index contributed by atoms with van der Waals surface area (Å²) in [4.78, 5) is 13.8. The number of aliphatic hydroxyl groups excluding tert-OH is 1. The van der Waals surface area contributed by atoms with Crippen molar-refractivity contribution in [3.05, 3.63) is 34.3 Å². The molecule has 0 spiro atoms. The van der Waals surface area contributed by atoms with Crippen LogP contribution in [0.25, 0.3) is 0 Å². The Hall–Kier alpha value is -1.06. The highest BCUT2D eigenvalue weighted by Gasteiger charge is 2.14. The van der Waals surface area contributed by atoms with Gasteiger partial charge in [0, 0.05) is 20.2 Å². The average Bonchev–Trinajstić information content (AvgIpc) is 2.33. The molecule has 4 heteroatoms. The molecule has 0 aliphatic heterocycles. The van der Waals surface area contributed by atoms with Crippen molar-refractivity contribution in [2.75, 3.05) is 20.2 Å². The topological polar surface area (TPSA) is 40.5 Å². The Morgan fingerprint density at radius 3 is 2.67 bits per heavy atom. The maximum Gasteiger partial charge on any atom is 0.255 e. The number of rotatable bonds is 6. The highest BCUT2D eigenvalue weighted by Crippen LogP contribution is 2.19. The minimum atomic E-state index is -0.0519. The number of halogens is 1. The van der Waals surface area contributed by atoms with Crippen LogP contribution in [-0.4, -0.2) is 36.1 Å². The fourth-order valence-corrected chi connectivity index (χ4v) is 2.05. The molecule has 0 saturated heterocycles. The van der Waals surface area contributed by atoms with Crippen LogP contribution >= 0.6 is 11.6 Å². The van der Waals surface area contributed by atoms with Crippen molar-refractivity contribution in [2.45, 2.75) is 26.2 Å². The molecular weight excluding hydrogens is 250 g/mol. The summed E-state index contributed by atoms with van der Waals surface area (Å²) in [5, 5.41) is 9.19. The van der Waals surface area contributed by atoms with Gasteiger partial charge in [0.15, 0.2) is 0 Å². The first-order valence-electron chi connectivity index (χ1n) is 6.18. The molecule has 3 nitrogen and oxygen atoms in total. The van der Waals surface area contributed by atoms with E-state index in [0.717, 1.165) is 24.8 Å². The Kier molecular flexibility index (Phi) is 6.16. The van der Waals surface area contributed by atoms with Crippen molar-refractivity contribution >= 4 is 17.5 Å². The van der Waals surface area contributed by atoms with Crippen LogP contribution in [0.15, 0.2) is 18.2 Å².